The largest absolute Gasteiger partial charge is 0.382 e. The summed E-state index contributed by atoms with van der Waals surface area (Å²) < 4.78 is 3.03. The Morgan fingerprint density at radius 1 is 1.33 bits per heavy atom. The van der Waals surface area contributed by atoms with Gasteiger partial charge in [0, 0.05) is 26.4 Å². The van der Waals surface area contributed by atoms with Crippen molar-refractivity contribution in [1.82, 2.24) is 29.3 Å². The lowest BCUT2D eigenvalue weighted by molar-refractivity contribution is -0.114. The molecule has 0 saturated heterocycles. The van der Waals surface area contributed by atoms with Gasteiger partial charge in [0.1, 0.15) is 11.6 Å². The molecule has 0 aliphatic rings. The van der Waals surface area contributed by atoms with Crippen molar-refractivity contribution in [2.45, 2.75) is 6.92 Å². The van der Waals surface area contributed by atoms with Crippen molar-refractivity contribution in [3.63, 3.8) is 0 Å². The molecule has 0 saturated carbocycles. The highest BCUT2D eigenvalue weighted by Crippen LogP contribution is 2.32. The normalized spacial score (nSPS) is 10.9. The van der Waals surface area contributed by atoms with Crippen LogP contribution in [0.5, 0.6) is 0 Å². The number of aryl methyl sites for hydroxylation is 1. The second-order valence-electron chi connectivity index (χ2n) is 5.29. The van der Waals surface area contributed by atoms with Gasteiger partial charge in [0.15, 0.2) is 23.1 Å². The van der Waals surface area contributed by atoms with Crippen LogP contribution in [0.15, 0.2) is 28.8 Å². The zero-order valence-electron chi connectivity index (χ0n) is 14.3. The molecule has 3 heterocycles. The number of hydrogen-bond donors (Lipinski definition) is 3. The second-order valence-corrected chi connectivity index (χ2v) is 5.29. The van der Waals surface area contributed by atoms with Crippen molar-refractivity contribution in [1.29, 1.82) is 5.26 Å². The molecule has 0 atom stereocenters. The number of nitriles is 1. The number of azo groups is 1. The third kappa shape index (κ3) is 3.39. The summed E-state index contributed by atoms with van der Waals surface area (Å²) in [4.78, 5) is 23.2. The molecule has 5 N–H and O–H groups in total. The van der Waals surface area contributed by atoms with E-state index in [1.54, 1.807) is 24.0 Å². The standard InChI is InChI=1S/C14H14N12O/c1-7(27)20-11-9(10(16)21-13(17)22-11)23-24-12-8(5-15)6-19-26(12)14-18-3-4-25(14)2/h3-4,6H,1-2H3,(H5,16,17,20,21,22,27)/b24-23+. The highest BCUT2D eigenvalue weighted by molar-refractivity contribution is 5.92. The summed E-state index contributed by atoms with van der Waals surface area (Å²) in [6, 6.07) is 1.98. The van der Waals surface area contributed by atoms with Crippen LogP contribution in [0.25, 0.3) is 5.95 Å². The van der Waals surface area contributed by atoms with Crippen LogP contribution in [0.2, 0.25) is 0 Å². The van der Waals surface area contributed by atoms with Crippen molar-refractivity contribution < 1.29 is 4.79 Å². The quantitative estimate of drug-likeness (QED) is 0.564. The number of imidazole rings is 1. The van der Waals surface area contributed by atoms with Crippen LogP contribution < -0.4 is 16.8 Å². The Balaban J connectivity index is 2.10. The summed E-state index contributed by atoms with van der Waals surface area (Å²) in [5, 5.41) is 23.9. The van der Waals surface area contributed by atoms with Gasteiger partial charge in [-0.2, -0.15) is 25.0 Å². The Bertz CT molecular complexity index is 1090. The monoisotopic (exact) mass is 366 g/mol. The van der Waals surface area contributed by atoms with Gasteiger partial charge in [0.05, 0.1) is 6.20 Å². The molecule has 0 unspecified atom stereocenters. The van der Waals surface area contributed by atoms with Crippen LogP contribution in [0, 0.1) is 11.3 Å². The zero-order valence-corrected chi connectivity index (χ0v) is 14.3. The first kappa shape index (κ1) is 17.5. The first-order valence-corrected chi connectivity index (χ1v) is 7.48. The number of nitrogens with two attached hydrogens (primary N) is 2. The Morgan fingerprint density at radius 2 is 2.11 bits per heavy atom. The minimum atomic E-state index is -0.403. The van der Waals surface area contributed by atoms with Crippen molar-refractivity contribution in [3.8, 4) is 12.0 Å². The van der Waals surface area contributed by atoms with Crippen molar-refractivity contribution in [3.05, 3.63) is 24.2 Å². The van der Waals surface area contributed by atoms with E-state index in [2.05, 4.69) is 35.6 Å². The summed E-state index contributed by atoms with van der Waals surface area (Å²) >= 11 is 0. The van der Waals surface area contributed by atoms with Crippen molar-refractivity contribution in [2.75, 3.05) is 16.8 Å². The number of nitrogen functional groups attached to an aromatic ring is 2. The molecule has 1 amide bonds. The van der Waals surface area contributed by atoms with E-state index in [0.717, 1.165) is 0 Å². The van der Waals surface area contributed by atoms with Gasteiger partial charge in [-0.05, 0) is 0 Å². The van der Waals surface area contributed by atoms with E-state index in [4.69, 9.17) is 11.5 Å². The second kappa shape index (κ2) is 6.88. The fourth-order valence-corrected chi connectivity index (χ4v) is 2.17. The van der Waals surface area contributed by atoms with Gasteiger partial charge >= 0.3 is 0 Å². The Kier molecular flexibility index (Phi) is 4.45. The minimum Gasteiger partial charge on any atom is -0.382 e. The van der Waals surface area contributed by atoms with E-state index in [9.17, 15) is 10.1 Å². The molecule has 0 radical (unpaired) electrons. The maximum atomic E-state index is 11.4. The van der Waals surface area contributed by atoms with Gasteiger partial charge in [0.2, 0.25) is 17.8 Å². The Labute approximate surface area is 152 Å². The van der Waals surface area contributed by atoms with Crippen molar-refractivity contribution >= 4 is 35.0 Å². The molecule has 3 aromatic heterocycles. The van der Waals surface area contributed by atoms with Crippen LogP contribution >= 0.6 is 0 Å². The lowest BCUT2D eigenvalue weighted by Crippen LogP contribution is -2.11. The average Bonchev–Trinajstić information content (AvgIpc) is 3.18. The molecular formula is C14H14N12O. The average molecular weight is 366 g/mol. The maximum Gasteiger partial charge on any atom is 0.232 e. The highest BCUT2D eigenvalue weighted by atomic mass is 16.1. The molecule has 3 rings (SSSR count). The van der Waals surface area contributed by atoms with Gasteiger partial charge in [-0.25, -0.2) is 4.98 Å². The zero-order chi connectivity index (χ0) is 19.6. The Hall–Kier alpha value is -4.34. The van der Waals surface area contributed by atoms with E-state index >= 15 is 0 Å². The predicted molar refractivity (Wildman–Crippen MR) is 94.4 cm³/mol. The molecule has 0 bridgehead atoms. The third-order valence-corrected chi connectivity index (χ3v) is 3.32. The van der Waals surface area contributed by atoms with Gasteiger partial charge in [0.25, 0.3) is 0 Å². The molecule has 0 aliphatic heterocycles. The summed E-state index contributed by atoms with van der Waals surface area (Å²) in [7, 11) is 1.76. The lowest BCUT2D eigenvalue weighted by atomic mass is 10.4. The van der Waals surface area contributed by atoms with E-state index in [1.165, 1.54) is 17.8 Å². The van der Waals surface area contributed by atoms with E-state index < -0.39 is 5.91 Å². The number of rotatable bonds is 4. The van der Waals surface area contributed by atoms with Crippen LogP contribution in [0.1, 0.15) is 12.5 Å². The SMILES string of the molecule is CC(=O)Nc1nc(N)nc(N)c1/N=N/c1c(C#N)cnn1-c1nccn1C. The smallest absolute Gasteiger partial charge is 0.232 e. The topological polar surface area (TPSA) is 191 Å². The van der Waals surface area contributed by atoms with Gasteiger partial charge in [-0.3, -0.25) is 4.79 Å². The minimum absolute atomic E-state index is 0.00202. The van der Waals surface area contributed by atoms with Crippen LogP contribution in [-0.4, -0.2) is 35.2 Å². The molecule has 3 aromatic rings. The molecule has 0 fully saturated rings. The molecular weight excluding hydrogens is 352 g/mol. The summed E-state index contributed by atoms with van der Waals surface area (Å²) in [5.74, 6) is -0.0778. The van der Waals surface area contributed by atoms with Crippen LogP contribution in [-0.2, 0) is 11.8 Å². The number of aromatic nitrogens is 6. The summed E-state index contributed by atoms with van der Waals surface area (Å²) in [6.45, 7) is 1.29. The molecule has 0 aromatic carbocycles. The van der Waals surface area contributed by atoms with E-state index in [1.807, 2.05) is 6.07 Å². The number of anilines is 3. The maximum absolute atomic E-state index is 11.4. The number of hydrogen-bond acceptors (Lipinski definition) is 10. The third-order valence-electron chi connectivity index (χ3n) is 3.32. The summed E-state index contributed by atoms with van der Waals surface area (Å²) in [5.41, 5.74) is 11.5. The van der Waals surface area contributed by atoms with Crippen LogP contribution in [0.3, 0.4) is 0 Å². The predicted octanol–water partition coefficient (Wildman–Crippen LogP) is 0.806. The highest BCUT2D eigenvalue weighted by Gasteiger charge is 2.17. The number of nitrogens with zero attached hydrogens (tertiary/aromatic N) is 9. The first-order valence-electron chi connectivity index (χ1n) is 7.48. The molecule has 13 heteroatoms. The molecule has 13 nitrogen and oxygen atoms in total. The van der Waals surface area contributed by atoms with Gasteiger partial charge in [-0.1, -0.05) is 0 Å². The Morgan fingerprint density at radius 3 is 2.74 bits per heavy atom. The molecule has 27 heavy (non-hydrogen) atoms. The number of amides is 1. The fourth-order valence-electron chi connectivity index (χ4n) is 2.17. The van der Waals surface area contributed by atoms with Crippen LogP contribution in [0.4, 0.5) is 29.1 Å². The van der Waals surface area contributed by atoms with E-state index in [-0.39, 0.29) is 34.7 Å². The van der Waals surface area contributed by atoms with Crippen molar-refractivity contribution in [2.24, 2.45) is 17.3 Å². The molecule has 0 spiro atoms. The van der Waals surface area contributed by atoms with Gasteiger partial charge in [-0.15, -0.1) is 10.2 Å². The fraction of sp³-hybridized carbons (Fsp3) is 0.143. The first-order chi connectivity index (χ1) is 12.9. The number of nitrogens with one attached hydrogen (secondary N) is 1. The molecule has 136 valence electrons. The summed E-state index contributed by atoms with van der Waals surface area (Å²) in [6.07, 6.45) is 4.62. The lowest BCUT2D eigenvalue weighted by Gasteiger charge is -2.07. The molecule has 0 aliphatic carbocycles. The van der Waals surface area contributed by atoms with Gasteiger partial charge < -0.3 is 21.4 Å². The number of carbonyl (C=O) groups excluding carboxylic acids is 1. The van der Waals surface area contributed by atoms with E-state index in [0.29, 0.717) is 5.95 Å². The number of carbonyl (C=O) groups is 1.